The predicted octanol–water partition coefficient (Wildman–Crippen LogP) is 3.19. The average molecular weight is 288 g/mol. The van der Waals surface area contributed by atoms with Crippen molar-refractivity contribution in [1.82, 2.24) is 9.55 Å². The molecule has 0 bridgehead atoms. The van der Waals surface area contributed by atoms with Crippen molar-refractivity contribution in [2.75, 3.05) is 0 Å². The number of carboxylic acids is 1. The largest absolute Gasteiger partial charge is 0.487 e. The summed E-state index contributed by atoms with van der Waals surface area (Å²) in [5, 5.41) is 9.05. The lowest BCUT2D eigenvalue weighted by atomic mass is 10.1. The summed E-state index contributed by atoms with van der Waals surface area (Å²) in [6.45, 7) is 7.17. The maximum atomic E-state index is 11.0. The van der Waals surface area contributed by atoms with Gasteiger partial charge in [-0.1, -0.05) is 6.92 Å². The normalized spacial score (nSPS) is 10.6. The molecule has 0 aliphatic rings. The Labute approximate surface area is 124 Å². The van der Waals surface area contributed by atoms with Gasteiger partial charge in [0.25, 0.3) is 0 Å². The third kappa shape index (κ3) is 3.42. The molecule has 0 saturated heterocycles. The maximum absolute atomic E-state index is 11.0. The average Bonchev–Trinajstić information content (AvgIpc) is 2.85. The molecular weight excluding hydrogens is 268 g/mol. The van der Waals surface area contributed by atoms with Crippen molar-refractivity contribution < 1.29 is 14.6 Å². The number of aromatic carboxylic acids is 1. The zero-order valence-corrected chi connectivity index (χ0v) is 12.6. The first-order valence-electron chi connectivity index (χ1n) is 6.99. The third-order valence-electron chi connectivity index (χ3n) is 3.33. The highest BCUT2D eigenvalue weighted by Gasteiger charge is 2.11. The molecule has 2 aromatic rings. The summed E-state index contributed by atoms with van der Waals surface area (Å²) in [5.74, 6) is -0.182. The Balaban J connectivity index is 2.16. The van der Waals surface area contributed by atoms with Crippen LogP contribution in [0.5, 0.6) is 5.75 Å². The molecule has 1 aromatic carbocycles. The van der Waals surface area contributed by atoms with Crippen LogP contribution in [0.25, 0.3) is 0 Å². The highest BCUT2D eigenvalue weighted by Crippen LogP contribution is 2.25. The van der Waals surface area contributed by atoms with Gasteiger partial charge >= 0.3 is 5.97 Å². The molecule has 5 nitrogen and oxygen atoms in total. The van der Waals surface area contributed by atoms with Crippen molar-refractivity contribution in [3.63, 3.8) is 0 Å². The Morgan fingerprint density at radius 2 is 2.00 bits per heavy atom. The second-order valence-electron chi connectivity index (χ2n) is 5.11. The van der Waals surface area contributed by atoms with Crippen molar-refractivity contribution in [1.29, 1.82) is 0 Å². The van der Waals surface area contributed by atoms with Gasteiger partial charge < -0.3 is 14.4 Å². The molecule has 2 rings (SSSR count). The second kappa shape index (κ2) is 6.43. The lowest BCUT2D eigenvalue weighted by Gasteiger charge is -2.14. The van der Waals surface area contributed by atoms with Crippen molar-refractivity contribution in [3.8, 4) is 5.75 Å². The fourth-order valence-electron chi connectivity index (χ4n) is 2.36. The van der Waals surface area contributed by atoms with Crippen LogP contribution in [0.2, 0.25) is 0 Å². The first-order chi connectivity index (χ1) is 10.0. The molecule has 1 N–H and O–H groups in total. The van der Waals surface area contributed by atoms with E-state index in [9.17, 15) is 4.79 Å². The van der Waals surface area contributed by atoms with Gasteiger partial charge in [-0.05, 0) is 43.5 Å². The third-order valence-corrected chi connectivity index (χ3v) is 3.33. The van der Waals surface area contributed by atoms with Crippen LogP contribution >= 0.6 is 0 Å². The Bertz CT molecular complexity index is 624. The summed E-state index contributed by atoms with van der Waals surface area (Å²) in [5.41, 5.74) is 2.95. The zero-order chi connectivity index (χ0) is 15.4. The Morgan fingerprint density at radius 3 is 2.57 bits per heavy atom. The van der Waals surface area contributed by atoms with E-state index in [0.29, 0.717) is 6.61 Å². The first-order valence-corrected chi connectivity index (χ1v) is 6.99. The number of hydrogen-bond acceptors (Lipinski definition) is 3. The van der Waals surface area contributed by atoms with Crippen LogP contribution in [0.3, 0.4) is 0 Å². The number of aromatic nitrogens is 2. The van der Waals surface area contributed by atoms with Gasteiger partial charge in [0.05, 0.1) is 23.8 Å². The summed E-state index contributed by atoms with van der Waals surface area (Å²) in [6, 6.07) is 3.27. The minimum absolute atomic E-state index is 0.286. The van der Waals surface area contributed by atoms with E-state index in [-0.39, 0.29) is 5.56 Å². The van der Waals surface area contributed by atoms with Crippen LogP contribution in [0.15, 0.2) is 24.7 Å². The fraction of sp³-hybridized carbons (Fsp3) is 0.375. The van der Waals surface area contributed by atoms with Crippen molar-refractivity contribution in [2.45, 2.75) is 40.3 Å². The van der Waals surface area contributed by atoms with Gasteiger partial charge in [-0.2, -0.15) is 0 Å². The topological polar surface area (TPSA) is 64.4 Å². The number of aryl methyl sites for hydroxylation is 3. The summed E-state index contributed by atoms with van der Waals surface area (Å²) in [7, 11) is 0. The number of carbonyl (C=O) groups is 1. The van der Waals surface area contributed by atoms with Crippen molar-refractivity contribution in [3.05, 3.63) is 47.0 Å². The van der Waals surface area contributed by atoms with Crippen LogP contribution in [-0.2, 0) is 13.2 Å². The summed E-state index contributed by atoms with van der Waals surface area (Å²) in [6.07, 6.45) is 4.64. The molecule has 0 aliphatic heterocycles. The summed E-state index contributed by atoms with van der Waals surface area (Å²) < 4.78 is 7.95. The van der Waals surface area contributed by atoms with Gasteiger partial charge in [-0.25, -0.2) is 9.78 Å². The van der Waals surface area contributed by atoms with E-state index in [2.05, 4.69) is 16.5 Å². The van der Waals surface area contributed by atoms with Gasteiger partial charge in [-0.15, -0.1) is 0 Å². The van der Waals surface area contributed by atoms with E-state index in [1.807, 2.05) is 13.8 Å². The molecule has 0 radical (unpaired) electrons. The number of nitrogens with zero attached hydrogens (tertiary/aromatic N) is 2. The van der Waals surface area contributed by atoms with Gasteiger partial charge in [-0.3, -0.25) is 0 Å². The fourth-order valence-corrected chi connectivity index (χ4v) is 2.36. The van der Waals surface area contributed by atoms with Crippen LogP contribution in [0, 0.1) is 13.8 Å². The monoisotopic (exact) mass is 288 g/mol. The second-order valence-corrected chi connectivity index (χ2v) is 5.11. The molecule has 0 aliphatic carbocycles. The van der Waals surface area contributed by atoms with Crippen LogP contribution in [-0.4, -0.2) is 20.6 Å². The zero-order valence-electron chi connectivity index (χ0n) is 12.6. The first kappa shape index (κ1) is 15.1. The predicted molar refractivity (Wildman–Crippen MR) is 79.7 cm³/mol. The number of ether oxygens (including phenoxy) is 1. The number of rotatable bonds is 6. The van der Waals surface area contributed by atoms with E-state index in [0.717, 1.165) is 35.5 Å². The molecule has 0 atom stereocenters. The summed E-state index contributed by atoms with van der Waals surface area (Å²) >= 11 is 0. The van der Waals surface area contributed by atoms with E-state index in [1.54, 1.807) is 24.7 Å². The number of benzene rings is 1. The van der Waals surface area contributed by atoms with Gasteiger partial charge in [0, 0.05) is 6.54 Å². The molecule has 0 unspecified atom stereocenters. The molecule has 0 amide bonds. The van der Waals surface area contributed by atoms with Gasteiger partial charge in [0.2, 0.25) is 0 Å². The molecule has 0 fully saturated rings. The Morgan fingerprint density at radius 1 is 1.33 bits per heavy atom. The van der Waals surface area contributed by atoms with Crippen LogP contribution < -0.4 is 4.74 Å². The van der Waals surface area contributed by atoms with E-state index < -0.39 is 5.97 Å². The maximum Gasteiger partial charge on any atom is 0.335 e. The number of hydrogen-bond donors (Lipinski definition) is 1. The van der Waals surface area contributed by atoms with E-state index in [1.165, 1.54) is 0 Å². The van der Waals surface area contributed by atoms with Crippen LogP contribution in [0.1, 0.15) is 40.5 Å². The minimum atomic E-state index is -0.922. The molecule has 0 saturated carbocycles. The summed E-state index contributed by atoms with van der Waals surface area (Å²) in [4.78, 5) is 15.2. The Hall–Kier alpha value is -2.30. The van der Waals surface area contributed by atoms with Crippen LogP contribution in [0.4, 0.5) is 0 Å². The molecule has 1 aromatic heterocycles. The highest BCUT2D eigenvalue weighted by atomic mass is 16.5. The molecule has 112 valence electrons. The number of carboxylic acid groups (broad SMARTS) is 1. The molecule has 5 heteroatoms. The quantitative estimate of drug-likeness (QED) is 0.886. The van der Waals surface area contributed by atoms with E-state index in [4.69, 9.17) is 9.84 Å². The molecule has 0 spiro atoms. The molecule has 21 heavy (non-hydrogen) atoms. The molecule has 1 heterocycles. The van der Waals surface area contributed by atoms with E-state index >= 15 is 0 Å². The minimum Gasteiger partial charge on any atom is -0.487 e. The smallest absolute Gasteiger partial charge is 0.335 e. The number of imidazole rings is 1. The van der Waals surface area contributed by atoms with Gasteiger partial charge in [0.15, 0.2) is 0 Å². The lowest BCUT2D eigenvalue weighted by molar-refractivity contribution is 0.0696. The van der Waals surface area contributed by atoms with Crippen molar-refractivity contribution >= 4 is 5.97 Å². The molecular formula is C16H20N2O3. The lowest BCUT2D eigenvalue weighted by Crippen LogP contribution is -2.07. The highest BCUT2D eigenvalue weighted by molar-refractivity contribution is 5.88. The standard InChI is InChI=1S/C16H20N2O3/c1-4-5-18-10-17-8-14(18)9-21-15-11(2)6-13(16(19)20)7-12(15)3/h6-8,10H,4-5,9H2,1-3H3,(H,19,20). The SMILES string of the molecule is CCCn1cncc1COc1c(C)cc(C(=O)O)cc1C. The Kier molecular flexibility index (Phi) is 4.62. The van der Waals surface area contributed by atoms with Crippen molar-refractivity contribution in [2.24, 2.45) is 0 Å². The van der Waals surface area contributed by atoms with Gasteiger partial charge in [0.1, 0.15) is 12.4 Å².